The molecule has 0 saturated carbocycles. The molecule has 14 heavy (non-hydrogen) atoms. The van der Waals surface area contributed by atoms with E-state index in [4.69, 9.17) is 0 Å². The van der Waals surface area contributed by atoms with Gasteiger partial charge >= 0.3 is 0 Å². The number of aryl methyl sites for hydroxylation is 1. The van der Waals surface area contributed by atoms with Gasteiger partial charge < -0.3 is 4.90 Å². The molecule has 1 aromatic heterocycles. The van der Waals surface area contributed by atoms with Crippen LogP contribution in [0.2, 0.25) is 0 Å². The molecule has 0 N–H and O–H groups in total. The van der Waals surface area contributed by atoms with Crippen LogP contribution in [0.3, 0.4) is 0 Å². The lowest BCUT2D eigenvalue weighted by atomic mass is 10.1. The SMILES string of the molecule is CC(=O)N(C)CCCc1cccnc1. The van der Waals surface area contributed by atoms with Gasteiger partial charge in [-0.25, -0.2) is 0 Å². The predicted molar refractivity (Wildman–Crippen MR) is 55.9 cm³/mol. The fourth-order valence-corrected chi connectivity index (χ4v) is 1.22. The minimum atomic E-state index is 0.121. The highest BCUT2D eigenvalue weighted by Gasteiger charge is 2.00. The number of amides is 1. The van der Waals surface area contributed by atoms with Crippen LogP contribution in [0, 0.1) is 0 Å². The van der Waals surface area contributed by atoms with Gasteiger partial charge in [-0.1, -0.05) is 6.07 Å². The van der Waals surface area contributed by atoms with Gasteiger partial charge in [0.05, 0.1) is 0 Å². The van der Waals surface area contributed by atoms with E-state index >= 15 is 0 Å². The molecular weight excluding hydrogens is 176 g/mol. The molecule has 0 atom stereocenters. The number of hydrogen-bond acceptors (Lipinski definition) is 2. The Labute approximate surface area is 84.8 Å². The summed E-state index contributed by atoms with van der Waals surface area (Å²) in [5.41, 5.74) is 1.23. The van der Waals surface area contributed by atoms with Crippen LogP contribution < -0.4 is 0 Å². The summed E-state index contributed by atoms with van der Waals surface area (Å²) in [7, 11) is 1.82. The fourth-order valence-electron chi connectivity index (χ4n) is 1.22. The monoisotopic (exact) mass is 192 g/mol. The Morgan fingerprint density at radius 3 is 2.93 bits per heavy atom. The van der Waals surface area contributed by atoms with Gasteiger partial charge in [-0.05, 0) is 24.5 Å². The van der Waals surface area contributed by atoms with Crippen LogP contribution in [0.25, 0.3) is 0 Å². The summed E-state index contributed by atoms with van der Waals surface area (Å²) < 4.78 is 0. The van der Waals surface area contributed by atoms with Crippen molar-refractivity contribution in [1.82, 2.24) is 9.88 Å². The van der Waals surface area contributed by atoms with Gasteiger partial charge in [0.25, 0.3) is 0 Å². The highest BCUT2D eigenvalue weighted by atomic mass is 16.2. The molecule has 0 spiro atoms. The molecule has 0 aromatic carbocycles. The van der Waals surface area contributed by atoms with Crippen molar-refractivity contribution >= 4 is 5.91 Å². The minimum Gasteiger partial charge on any atom is -0.346 e. The molecule has 0 saturated heterocycles. The average molecular weight is 192 g/mol. The lowest BCUT2D eigenvalue weighted by Gasteiger charge is -2.13. The number of nitrogens with zero attached hydrogens (tertiary/aromatic N) is 2. The Bertz CT molecular complexity index is 285. The van der Waals surface area contributed by atoms with Crippen LogP contribution in [0.5, 0.6) is 0 Å². The van der Waals surface area contributed by atoms with Crippen LogP contribution in [0.4, 0.5) is 0 Å². The predicted octanol–water partition coefficient (Wildman–Crippen LogP) is 1.49. The van der Waals surface area contributed by atoms with Crippen LogP contribution in [-0.2, 0) is 11.2 Å². The van der Waals surface area contributed by atoms with Crippen molar-refractivity contribution in [2.24, 2.45) is 0 Å². The molecule has 1 aromatic rings. The molecule has 0 radical (unpaired) electrons. The molecule has 0 aliphatic carbocycles. The summed E-state index contributed by atoms with van der Waals surface area (Å²) in [5, 5.41) is 0. The van der Waals surface area contributed by atoms with Gasteiger partial charge in [-0.15, -0.1) is 0 Å². The second-order valence-corrected chi connectivity index (χ2v) is 3.41. The summed E-state index contributed by atoms with van der Waals surface area (Å²) >= 11 is 0. The molecule has 76 valence electrons. The molecule has 0 fully saturated rings. The lowest BCUT2D eigenvalue weighted by molar-refractivity contribution is -0.127. The number of carbonyl (C=O) groups is 1. The smallest absolute Gasteiger partial charge is 0.219 e. The maximum Gasteiger partial charge on any atom is 0.219 e. The summed E-state index contributed by atoms with van der Waals surface area (Å²) in [6.07, 6.45) is 5.60. The zero-order valence-electron chi connectivity index (χ0n) is 8.73. The molecule has 3 nitrogen and oxygen atoms in total. The van der Waals surface area contributed by atoms with E-state index in [0.29, 0.717) is 0 Å². The molecule has 1 amide bonds. The van der Waals surface area contributed by atoms with E-state index in [9.17, 15) is 4.79 Å². The molecular formula is C11H16N2O. The summed E-state index contributed by atoms with van der Waals surface area (Å²) in [6, 6.07) is 3.99. The Balaban J connectivity index is 2.26. The largest absolute Gasteiger partial charge is 0.346 e. The Morgan fingerprint density at radius 2 is 2.36 bits per heavy atom. The van der Waals surface area contributed by atoms with Gasteiger partial charge in [0.1, 0.15) is 0 Å². The second-order valence-electron chi connectivity index (χ2n) is 3.41. The first-order valence-electron chi connectivity index (χ1n) is 4.81. The molecule has 1 rings (SSSR count). The lowest BCUT2D eigenvalue weighted by Crippen LogP contribution is -2.25. The summed E-state index contributed by atoms with van der Waals surface area (Å²) in [4.78, 5) is 16.7. The normalized spacial score (nSPS) is 9.86. The molecule has 0 aliphatic heterocycles. The van der Waals surface area contributed by atoms with Crippen molar-refractivity contribution in [2.75, 3.05) is 13.6 Å². The Hall–Kier alpha value is -1.38. The van der Waals surface area contributed by atoms with Crippen molar-refractivity contribution < 1.29 is 4.79 Å². The molecule has 3 heteroatoms. The van der Waals surface area contributed by atoms with E-state index in [2.05, 4.69) is 11.1 Å². The van der Waals surface area contributed by atoms with Crippen LogP contribution in [0.15, 0.2) is 24.5 Å². The number of hydrogen-bond donors (Lipinski definition) is 0. The zero-order valence-corrected chi connectivity index (χ0v) is 8.73. The van der Waals surface area contributed by atoms with Crippen molar-refractivity contribution in [3.05, 3.63) is 30.1 Å². The standard InChI is InChI=1S/C11H16N2O/c1-10(14)13(2)8-4-6-11-5-3-7-12-9-11/h3,5,7,9H,4,6,8H2,1-2H3. The van der Waals surface area contributed by atoms with E-state index in [1.54, 1.807) is 18.0 Å². The minimum absolute atomic E-state index is 0.121. The van der Waals surface area contributed by atoms with Crippen molar-refractivity contribution in [2.45, 2.75) is 19.8 Å². The van der Waals surface area contributed by atoms with Crippen molar-refractivity contribution in [3.63, 3.8) is 0 Å². The van der Waals surface area contributed by atoms with Gasteiger partial charge in [0, 0.05) is 32.9 Å². The zero-order chi connectivity index (χ0) is 10.4. The van der Waals surface area contributed by atoms with Gasteiger partial charge in [-0.3, -0.25) is 9.78 Å². The number of aromatic nitrogens is 1. The van der Waals surface area contributed by atoms with Crippen LogP contribution >= 0.6 is 0 Å². The molecule has 0 unspecified atom stereocenters. The van der Waals surface area contributed by atoms with E-state index in [1.807, 2.05) is 19.3 Å². The third-order valence-electron chi connectivity index (χ3n) is 2.22. The number of rotatable bonds is 4. The van der Waals surface area contributed by atoms with E-state index in [0.717, 1.165) is 19.4 Å². The Kier molecular flexibility index (Phi) is 4.11. The van der Waals surface area contributed by atoms with Gasteiger partial charge in [0.2, 0.25) is 5.91 Å². The molecule has 1 heterocycles. The van der Waals surface area contributed by atoms with E-state index < -0.39 is 0 Å². The third-order valence-corrected chi connectivity index (χ3v) is 2.22. The molecule has 0 aliphatic rings. The average Bonchev–Trinajstić information content (AvgIpc) is 2.19. The maximum absolute atomic E-state index is 10.9. The highest BCUT2D eigenvalue weighted by Crippen LogP contribution is 2.01. The third kappa shape index (κ3) is 3.56. The number of carbonyl (C=O) groups excluding carboxylic acids is 1. The first-order valence-corrected chi connectivity index (χ1v) is 4.81. The highest BCUT2D eigenvalue weighted by molar-refractivity contribution is 5.72. The topological polar surface area (TPSA) is 33.2 Å². The fraction of sp³-hybridized carbons (Fsp3) is 0.455. The van der Waals surface area contributed by atoms with Crippen molar-refractivity contribution in [3.8, 4) is 0 Å². The Morgan fingerprint density at radius 1 is 1.57 bits per heavy atom. The van der Waals surface area contributed by atoms with Gasteiger partial charge in [0.15, 0.2) is 0 Å². The quantitative estimate of drug-likeness (QED) is 0.724. The molecule has 0 bridgehead atoms. The summed E-state index contributed by atoms with van der Waals surface area (Å²) in [5.74, 6) is 0.121. The van der Waals surface area contributed by atoms with E-state index in [-0.39, 0.29) is 5.91 Å². The first-order chi connectivity index (χ1) is 6.70. The van der Waals surface area contributed by atoms with Crippen molar-refractivity contribution in [1.29, 1.82) is 0 Å². The second kappa shape index (κ2) is 5.37. The number of pyridine rings is 1. The summed E-state index contributed by atoms with van der Waals surface area (Å²) in [6.45, 7) is 2.40. The first kappa shape index (κ1) is 10.7. The van der Waals surface area contributed by atoms with Gasteiger partial charge in [-0.2, -0.15) is 0 Å². The van der Waals surface area contributed by atoms with E-state index in [1.165, 1.54) is 5.56 Å². The van der Waals surface area contributed by atoms with Crippen LogP contribution in [0.1, 0.15) is 18.9 Å². The maximum atomic E-state index is 10.9. The van der Waals surface area contributed by atoms with Crippen LogP contribution in [-0.4, -0.2) is 29.4 Å².